The number of halogens is 1. The molecule has 3 nitrogen and oxygen atoms in total. The smallest absolute Gasteiger partial charge is 0.303 e. The molecule has 4 heteroatoms. The van der Waals surface area contributed by atoms with Crippen LogP contribution >= 0.6 is 0 Å². The van der Waals surface area contributed by atoms with Crippen LogP contribution < -0.4 is 0 Å². The van der Waals surface area contributed by atoms with Gasteiger partial charge in [0.25, 0.3) is 0 Å². The van der Waals surface area contributed by atoms with Gasteiger partial charge in [0.1, 0.15) is 5.82 Å². The quantitative estimate of drug-likeness (QED) is 0.850. The summed E-state index contributed by atoms with van der Waals surface area (Å²) in [4.78, 5) is 10.6. The number of carboxylic acids is 1. The maximum atomic E-state index is 13.6. The lowest BCUT2D eigenvalue weighted by Gasteiger charge is -2.42. The number of hydrogen-bond donors (Lipinski definition) is 1. The summed E-state index contributed by atoms with van der Waals surface area (Å²) in [7, 11) is 0. The second-order valence-corrected chi connectivity index (χ2v) is 4.15. The molecule has 0 amide bonds. The van der Waals surface area contributed by atoms with Crippen molar-refractivity contribution >= 4 is 5.97 Å². The zero-order valence-electron chi connectivity index (χ0n) is 8.78. The summed E-state index contributed by atoms with van der Waals surface area (Å²) in [6.45, 7) is 0.808. The van der Waals surface area contributed by atoms with Crippen LogP contribution in [-0.4, -0.2) is 24.3 Å². The minimum absolute atomic E-state index is 0.0394. The highest BCUT2D eigenvalue weighted by Crippen LogP contribution is 2.38. The molecule has 1 aliphatic rings. The van der Waals surface area contributed by atoms with Crippen molar-refractivity contribution in [1.29, 1.82) is 0 Å². The van der Waals surface area contributed by atoms with E-state index >= 15 is 0 Å². The molecule has 86 valence electrons. The Kier molecular flexibility index (Phi) is 2.92. The fraction of sp³-hybridized carbons (Fsp3) is 0.417. The van der Waals surface area contributed by atoms with E-state index in [1.54, 1.807) is 18.2 Å². The van der Waals surface area contributed by atoms with Gasteiger partial charge >= 0.3 is 5.97 Å². The summed E-state index contributed by atoms with van der Waals surface area (Å²) in [6, 6.07) is 6.50. The van der Waals surface area contributed by atoms with Gasteiger partial charge in [-0.2, -0.15) is 0 Å². The highest BCUT2D eigenvalue weighted by molar-refractivity contribution is 5.67. The van der Waals surface area contributed by atoms with Gasteiger partial charge in [0.2, 0.25) is 0 Å². The molecular weight excluding hydrogens is 211 g/mol. The Morgan fingerprint density at radius 1 is 1.44 bits per heavy atom. The van der Waals surface area contributed by atoms with Gasteiger partial charge in [-0.1, -0.05) is 18.2 Å². The zero-order chi connectivity index (χ0) is 11.6. The van der Waals surface area contributed by atoms with Crippen molar-refractivity contribution in [1.82, 2.24) is 0 Å². The zero-order valence-corrected chi connectivity index (χ0v) is 8.78. The van der Waals surface area contributed by atoms with E-state index in [-0.39, 0.29) is 12.2 Å². The van der Waals surface area contributed by atoms with Crippen LogP contribution in [0.1, 0.15) is 18.4 Å². The van der Waals surface area contributed by atoms with E-state index in [1.807, 2.05) is 0 Å². The monoisotopic (exact) mass is 224 g/mol. The van der Waals surface area contributed by atoms with Crippen molar-refractivity contribution < 1.29 is 19.0 Å². The van der Waals surface area contributed by atoms with Gasteiger partial charge in [-0.15, -0.1) is 0 Å². The Bertz CT molecular complexity index is 399. The van der Waals surface area contributed by atoms with Gasteiger partial charge in [0.05, 0.1) is 13.2 Å². The topological polar surface area (TPSA) is 46.5 Å². The summed E-state index contributed by atoms with van der Waals surface area (Å²) in [5.41, 5.74) is 0.131. The maximum Gasteiger partial charge on any atom is 0.303 e. The fourth-order valence-corrected chi connectivity index (χ4v) is 2.02. The van der Waals surface area contributed by atoms with Gasteiger partial charge in [-0.25, -0.2) is 4.39 Å². The minimum atomic E-state index is -0.859. The standard InChI is InChI=1S/C12H13FO3/c13-10-4-2-1-3-9(10)12(7-16-8-12)6-5-11(14)15/h1-4H,5-8H2,(H,14,15). The predicted octanol–water partition coefficient (Wildman–Crippen LogP) is 1.96. The normalized spacial score (nSPS) is 17.8. The molecule has 16 heavy (non-hydrogen) atoms. The van der Waals surface area contributed by atoms with E-state index in [0.29, 0.717) is 25.2 Å². The van der Waals surface area contributed by atoms with Crippen LogP contribution in [0.4, 0.5) is 4.39 Å². The number of hydrogen-bond acceptors (Lipinski definition) is 2. The van der Waals surface area contributed by atoms with Crippen LogP contribution in [0.2, 0.25) is 0 Å². The molecule has 0 saturated carbocycles. The second kappa shape index (κ2) is 4.22. The van der Waals surface area contributed by atoms with Gasteiger partial charge in [-0.05, 0) is 18.1 Å². The highest BCUT2D eigenvalue weighted by Gasteiger charge is 2.42. The predicted molar refractivity (Wildman–Crippen MR) is 55.8 cm³/mol. The van der Waals surface area contributed by atoms with E-state index in [4.69, 9.17) is 9.84 Å². The second-order valence-electron chi connectivity index (χ2n) is 4.15. The lowest BCUT2D eigenvalue weighted by molar-refractivity contribution is -0.139. The molecule has 0 bridgehead atoms. The van der Waals surface area contributed by atoms with Crippen LogP contribution in [0.5, 0.6) is 0 Å². The number of ether oxygens (including phenoxy) is 1. The molecule has 1 fully saturated rings. The number of carbonyl (C=O) groups is 1. The SMILES string of the molecule is O=C(O)CCC1(c2ccccc2F)COC1. The van der Waals surface area contributed by atoms with Crippen molar-refractivity contribution in [2.75, 3.05) is 13.2 Å². The van der Waals surface area contributed by atoms with E-state index in [1.165, 1.54) is 6.07 Å². The Morgan fingerprint density at radius 2 is 2.12 bits per heavy atom. The maximum absolute atomic E-state index is 13.6. The third-order valence-electron chi connectivity index (χ3n) is 3.02. The molecule has 1 aliphatic heterocycles. The fourth-order valence-electron chi connectivity index (χ4n) is 2.02. The summed E-state index contributed by atoms with van der Waals surface area (Å²) in [5.74, 6) is -1.14. The average molecular weight is 224 g/mol. The van der Waals surface area contributed by atoms with Gasteiger partial charge in [0, 0.05) is 11.8 Å². The van der Waals surface area contributed by atoms with Crippen LogP contribution in [0, 0.1) is 5.82 Å². The van der Waals surface area contributed by atoms with Crippen molar-refractivity contribution in [3.05, 3.63) is 35.6 Å². The first kappa shape index (κ1) is 11.1. The summed E-state index contributed by atoms with van der Waals surface area (Å²) < 4.78 is 18.7. The molecule has 2 rings (SSSR count). The first-order chi connectivity index (χ1) is 7.64. The molecule has 1 saturated heterocycles. The number of rotatable bonds is 4. The average Bonchev–Trinajstić information content (AvgIpc) is 2.18. The Balaban J connectivity index is 2.21. The van der Waals surface area contributed by atoms with Crippen molar-refractivity contribution in [3.8, 4) is 0 Å². The molecule has 0 unspecified atom stereocenters. The summed E-state index contributed by atoms with van der Waals surface area (Å²) in [6.07, 6.45) is 0.459. The van der Waals surface area contributed by atoms with E-state index in [2.05, 4.69) is 0 Å². The van der Waals surface area contributed by atoms with E-state index < -0.39 is 11.4 Å². The first-order valence-electron chi connectivity index (χ1n) is 5.19. The Hall–Kier alpha value is -1.42. The Labute approximate surface area is 92.9 Å². The molecule has 1 aromatic rings. The van der Waals surface area contributed by atoms with Crippen molar-refractivity contribution in [2.24, 2.45) is 0 Å². The third-order valence-corrected chi connectivity index (χ3v) is 3.02. The van der Waals surface area contributed by atoms with Crippen LogP contribution in [0.15, 0.2) is 24.3 Å². The lowest BCUT2D eigenvalue weighted by atomic mass is 9.75. The molecule has 0 radical (unpaired) electrons. The largest absolute Gasteiger partial charge is 0.481 e. The molecule has 1 N–H and O–H groups in total. The summed E-state index contributed by atoms with van der Waals surface area (Å²) in [5, 5.41) is 8.68. The van der Waals surface area contributed by atoms with E-state index in [9.17, 15) is 9.18 Å². The van der Waals surface area contributed by atoms with Gasteiger partial charge < -0.3 is 9.84 Å². The molecule has 0 aromatic heterocycles. The molecule has 0 aliphatic carbocycles. The molecular formula is C12H13FO3. The molecule has 1 heterocycles. The van der Waals surface area contributed by atoms with Crippen molar-refractivity contribution in [3.63, 3.8) is 0 Å². The molecule has 1 aromatic carbocycles. The van der Waals surface area contributed by atoms with Crippen LogP contribution in [0.3, 0.4) is 0 Å². The van der Waals surface area contributed by atoms with Crippen LogP contribution in [-0.2, 0) is 14.9 Å². The molecule has 0 spiro atoms. The number of benzene rings is 1. The van der Waals surface area contributed by atoms with Crippen LogP contribution in [0.25, 0.3) is 0 Å². The lowest BCUT2D eigenvalue weighted by Crippen LogP contribution is -2.47. The summed E-state index contributed by atoms with van der Waals surface area (Å²) >= 11 is 0. The van der Waals surface area contributed by atoms with E-state index in [0.717, 1.165) is 0 Å². The third kappa shape index (κ3) is 1.93. The van der Waals surface area contributed by atoms with Crippen molar-refractivity contribution in [2.45, 2.75) is 18.3 Å². The molecule has 0 atom stereocenters. The Morgan fingerprint density at radius 3 is 2.62 bits per heavy atom. The first-order valence-corrected chi connectivity index (χ1v) is 5.19. The highest BCUT2D eigenvalue weighted by atomic mass is 19.1. The number of carboxylic acid groups (broad SMARTS) is 1. The number of aliphatic carboxylic acids is 1. The minimum Gasteiger partial charge on any atom is -0.481 e. The van der Waals surface area contributed by atoms with Gasteiger partial charge in [0.15, 0.2) is 0 Å². The van der Waals surface area contributed by atoms with Gasteiger partial charge in [-0.3, -0.25) is 4.79 Å².